The van der Waals surface area contributed by atoms with Gasteiger partial charge < -0.3 is 5.32 Å². The molecule has 0 saturated carbocycles. The molecule has 1 amide bonds. The van der Waals surface area contributed by atoms with E-state index >= 15 is 0 Å². The highest BCUT2D eigenvalue weighted by Gasteiger charge is 2.16. The lowest BCUT2D eigenvalue weighted by atomic mass is 10.1. The molecule has 0 aliphatic carbocycles. The molecule has 7 nitrogen and oxygen atoms in total. The summed E-state index contributed by atoms with van der Waals surface area (Å²) in [6, 6.07) is 18.6. The Hall–Kier alpha value is -3.17. The molecule has 3 aromatic carbocycles. The molecule has 9 heteroatoms. The highest BCUT2D eigenvalue weighted by atomic mass is 32.2. The Morgan fingerprint density at radius 1 is 0.844 bits per heavy atom. The van der Waals surface area contributed by atoms with Crippen molar-refractivity contribution in [3.8, 4) is 0 Å². The van der Waals surface area contributed by atoms with Gasteiger partial charge in [-0.1, -0.05) is 35.9 Å². The van der Waals surface area contributed by atoms with E-state index < -0.39 is 19.9 Å². The van der Waals surface area contributed by atoms with Crippen LogP contribution in [0.15, 0.2) is 82.6 Å². The largest absolute Gasteiger partial charge is 0.346 e. The van der Waals surface area contributed by atoms with E-state index in [1.807, 2.05) is 6.92 Å². The molecule has 0 heterocycles. The predicted molar refractivity (Wildman–Crippen MR) is 124 cm³/mol. The van der Waals surface area contributed by atoms with Crippen LogP contribution in [0.3, 0.4) is 0 Å². The first-order valence-electron chi connectivity index (χ1n) is 9.76. The second-order valence-corrected chi connectivity index (χ2v) is 11.2. The van der Waals surface area contributed by atoms with Gasteiger partial charge in [-0.3, -0.25) is 9.52 Å². The summed E-state index contributed by atoms with van der Waals surface area (Å²) in [5.41, 5.74) is 2.24. The average Bonchev–Trinajstić information content (AvgIpc) is 2.73. The molecule has 3 aromatic rings. The van der Waals surface area contributed by atoms with Gasteiger partial charge in [0.2, 0.25) is 0 Å². The quantitative estimate of drug-likeness (QED) is 0.545. The van der Waals surface area contributed by atoms with Crippen LogP contribution in [0.25, 0.3) is 0 Å². The zero-order chi connectivity index (χ0) is 23.5. The Balaban J connectivity index is 1.73. The lowest BCUT2D eigenvalue weighted by molar-refractivity contribution is 0.0940. The van der Waals surface area contributed by atoms with E-state index in [2.05, 4.69) is 10.0 Å². The van der Waals surface area contributed by atoms with Crippen LogP contribution < -0.4 is 10.0 Å². The van der Waals surface area contributed by atoms with E-state index in [-0.39, 0.29) is 33.0 Å². The van der Waals surface area contributed by atoms with Gasteiger partial charge in [0.05, 0.1) is 15.8 Å². The summed E-state index contributed by atoms with van der Waals surface area (Å²) in [6.07, 6.45) is 1.13. The molecule has 1 unspecified atom stereocenters. The van der Waals surface area contributed by atoms with Gasteiger partial charge in [0, 0.05) is 17.5 Å². The number of amides is 1. The van der Waals surface area contributed by atoms with Crippen molar-refractivity contribution < 1.29 is 21.6 Å². The minimum Gasteiger partial charge on any atom is -0.346 e. The van der Waals surface area contributed by atoms with Crippen molar-refractivity contribution in [1.82, 2.24) is 5.32 Å². The molecule has 32 heavy (non-hydrogen) atoms. The van der Waals surface area contributed by atoms with E-state index in [1.165, 1.54) is 30.3 Å². The molecular formula is C23H24N2O5S2. The standard InChI is InChI=1S/C23H24N2O5S2/c1-16-7-11-22(12-8-16)32(29,30)25-20-6-4-5-19(15-20)23(26)24-17(2)18-9-13-21(14-10-18)31(3,27)28/h4-15,17,25H,1-3H3,(H,24,26). The SMILES string of the molecule is Cc1ccc(S(=O)(=O)Nc2cccc(C(=O)NC(C)c3ccc(S(C)(=O)=O)cc3)c2)cc1. The molecule has 0 aliphatic rings. The van der Waals surface area contributed by atoms with E-state index in [9.17, 15) is 21.6 Å². The lowest BCUT2D eigenvalue weighted by Crippen LogP contribution is -2.26. The number of nitrogens with one attached hydrogen (secondary N) is 2. The fourth-order valence-corrected chi connectivity index (χ4v) is 4.70. The van der Waals surface area contributed by atoms with Gasteiger partial charge in [0.15, 0.2) is 9.84 Å². The first-order valence-corrected chi connectivity index (χ1v) is 13.1. The molecule has 0 spiro atoms. The van der Waals surface area contributed by atoms with Crippen LogP contribution in [0.2, 0.25) is 0 Å². The maximum atomic E-state index is 12.7. The summed E-state index contributed by atoms with van der Waals surface area (Å²) < 4.78 is 50.9. The van der Waals surface area contributed by atoms with E-state index in [0.717, 1.165) is 17.4 Å². The van der Waals surface area contributed by atoms with Crippen molar-refractivity contribution in [3.63, 3.8) is 0 Å². The molecule has 168 valence electrons. The van der Waals surface area contributed by atoms with Crippen LogP contribution in [0, 0.1) is 6.92 Å². The van der Waals surface area contributed by atoms with Crippen molar-refractivity contribution in [2.75, 3.05) is 11.0 Å². The molecule has 2 N–H and O–H groups in total. The van der Waals surface area contributed by atoms with Gasteiger partial charge in [-0.05, 0) is 61.9 Å². The number of carbonyl (C=O) groups excluding carboxylic acids is 1. The number of anilines is 1. The number of hydrogen-bond acceptors (Lipinski definition) is 5. The number of sulfonamides is 1. The summed E-state index contributed by atoms with van der Waals surface area (Å²) in [4.78, 5) is 13.0. The normalized spacial score (nSPS) is 12.7. The predicted octanol–water partition coefficient (Wildman–Crippen LogP) is 3.69. The second kappa shape index (κ2) is 9.13. The van der Waals surface area contributed by atoms with E-state index in [4.69, 9.17) is 0 Å². The summed E-state index contributed by atoms with van der Waals surface area (Å²) in [5.74, 6) is -0.388. The molecule has 0 aromatic heterocycles. The minimum absolute atomic E-state index is 0.129. The zero-order valence-corrected chi connectivity index (χ0v) is 19.5. The number of rotatable bonds is 7. The van der Waals surface area contributed by atoms with Crippen molar-refractivity contribution in [2.45, 2.75) is 29.7 Å². The van der Waals surface area contributed by atoms with Crippen LogP contribution in [0.5, 0.6) is 0 Å². The van der Waals surface area contributed by atoms with Crippen molar-refractivity contribution in [1.29, 1.82) is 0 Å². The second-order valence-electron chi connectivity index (χ2n) is 7.54. The van der Waals surface area contributed by atoms with E-state index in [0.29, 0.717) is 0 Å². The lowest BCUT2D eigenvalue weighted by Gasteiger charge is -2.15. The molecule has 0 aliphatic heterocycles. The third-order valence-electron chi connectivity index (χ3n) is 4.86. The number of benzene rings is 3. The average molecular weight is 473 g/mol. The highest BCUT2D eigenvalue weighted by Crippen LogP contribution is 2.20. The Bertz CT molecular complexity index is 1330. The van der Waals surface area contributed by atoms with Gasteiger partial charge in [-0.2, -0.15) is 0 Å². The van der Waals surface area contributed by atoms with E-state index in [1.54, 1.807) is 49.4 Å². The minimum atomic E-state index is -3.79. The van der Waals surface area contributed by atoms with Crippen molar-refractivity contribution in [3.05, 3.63) is 89.5 Å². The Labute approximate surface area is 188 Å². The highest BCUT2D eigenvalue weighted by molar-refractivity contribution is 7.92. The number of aryl methyl sites for hydroxylation is 1. The number of hydrogen-bond donors (Lipinski definition) is 2. The van der Waals surface area contributed by atoms with Crippen LogP contribution in [0.4, 0.5) is 5.69 Å². The Morgan fingerprint density at radius 3 is 2.03 bits per heavy atom. The topological polar surface area (TPSA) is 109 Å². The number of carbonyl (C=O) groups is 1. The first-order chi connectivity index (χ1) is 15.0. The third kappa shape index (κ3) is 5.74. The molecular weight excluding hydrogens is 448 g/mol. The third-order valence-corrected chi connectivity index (χ3v) is 7.39. The van der Waals surface area contributed by atoms with Crippen molar-refractivity contribution in [2.24, 2.45) is 0 Å². The molecule has 0 bridgehead atoms. The van der Waals surface area contributed by atoms with Crippen molar-refractivity contribution >= 4 is 31.5 Å². The zero-order valence-electron chi connectivity index (χ0n) is 17.9. The van der Waals surface area contributed by atoms with Crippen LogP contribution >= 0.6 is 0 Å². The summed E-state index contributed by atoms with van der Waals surface area (Å²) in [7, 11) is -7.08. The van der Waals surface area contributed by atoms with Gasteiger partial charge >= 0.3 is 0 Å². The monoisotopic (exact) mass is 472 g/mol. The summed E-state index contributed by atoms with van der Waals surface area (Å²) in [6.45, 7) is 3.64. The smallest absolute Gasteiger partial charge is 0.261 e. The Morgan fingerprint density at radius 2 is 1.44 bits per heavy atom. The first kappa shape index (κ1) is 23.5. The van der Waals surface area contributed by atoms with Crippen LogP contribution in [-0.2, 0) is 19.9 Å². The van der Waals surface area contributed by atoms with Crippen LogP contribution in [0.1, 0.15) is 34.5 Å². The molecule has 0 saturated heterocycles. The summed E-state index contributed by atoms with van der Waals surface area (Å²) >= 11 is 0. The Kier molecular flexibility index (Phi) is 6.71. The molecule has 0 radical (unpaired) electrons. The number of sulfone groups is 1. The van der Waals surface area contributed by atoms with Gasteiger partial charge in [0.1, 0.15) is 0 Å². The molecule has 0 fully saturated rings. The molecule has 1 atom stereocenters. The fourth-order valence-electron chi connectivity index (χ4n) is 3.02. The maximum absolute atomic E-state index is 12.7. The summed E-state index contributed by atoms with van der Waals surface area (Å²) in [5, 5.41) is 2.83. The van der Waals surface area contributed by atoms with Gasteiger partial charge in [0.25, 0.3) is 15.9 Å². The van der Waals surface area contributed by atoms with Crippen LogP contribution in [-0.4, -0.2) is 29.0 Å². The van der Waals surface area contributed by atoms with Gasteiger partial charge in [-0.25, -0.2) is 16.8 Å². The molecule has 3 rings (SSSR count). The fraction of sp³-hybridized carbons (Fsp3) is 0.174. The van der Waals surface area contributed by atoms with Gasteiger partial charge in [-0.15, -0.1) is 0 Å². The maximum Gasteiger partial charge on any atom is 0.261 e.